The molecule has 0 heterocycles. The lowest BCUT2D eigenvalue weighted by Gasteiger charge is -2.33. The number of benzene rings is 4. The molecule has 0 spiro atoms. The first-order valence-corrected chi connectivity index (χ1v) is 13.7. The Morgan fingerprint density at radius 3 is 1.54 bits per heavy atom. The van der Waals surface area contributed by atoms with Crippen LogP contribution in [0.4, 0.5) is 7.77 Å². The molecule has 1 aliphatic carbocycles. The Labute approximate surface area is 222 Å². The van der Waals surface area contributed by atoms with Crippen molar-refractivity contribution in [2.45, 2.75) is 5.79 Å². The van der Waals surface area contributed by atoms with Gasteiger partial charge in [-0.3, -0.25) is 0 Å². The Hall–Kier alpha value is -4.36. The van der Waals surface area contributed by atoms with Crippen LogP contribution in [0.3, 0.4) is 0 Å². The van der Waals surface area contributed by atoms with Crippen LogP contribution in [0, 0.1) is 0 Å². The van der Waals surface area contributed by atoms with Gasteiger partial charge in [-0.05, 0) is 66.2 Å². The van der Waals surface area contributed by atoms with Crippen molar-refractivity contribution in [1.82, 2.24) is 0 Å². The summed E-state index contributed by atoms with van der Waals surface area (Å²) in [5.41, 5.74) is 2.59. The molecule has 13 heteroatoms. The summed E-state index contributed by atoms with van der Waals surface area (Å²) in [7, 11) is -8.91. The molecule has 0 aromatic heterocycles. The normalized spacial score (nSPS) is 13.6. The second-order valence-electron chi connectivity index (χ2n) is 8.14. The average molecular weight is 577 g/mol. The van der Waals surface area contributed by atoms with E-state index in [1.807, 2.05) is 12.1 Å². The maximum absolute atomic E-state index is 13.0. The predicted octanol–water partition coefficient (Wildman–Crippen LogP) is 5.22. The zero-order valence-electron chi connectivity index (χ0n) is 19.9. The first kappa shape index (κ1) is 26.3. The molecule has 4 aromatic carbocycles. The van der Waals surface area contributed by atoms with Gasteiger partial charge in [0, 0.05) is 11.1 Å². The Morgan fingerprint density at radius 2 is 1.05 bits per heavy atom. The molecule has 0 saturated heterocycles. The smallest absolute Gasteiger partial charge is 0.488 e. The van der Waals surface area contributed by atoms with Gasteiger partial charge in [0.1, 0.15) is 28.7 Å². The van der Waals surface area contributed by atoms with Crippen molar-refractivity contribution in [3.05, 3.63) is 102 Å². The molecule has 4 aromatic rings. The third-order valence-electron chi connectivity index (χ3n) is 5.71. The molecule has 0 N–H and O–H groups in total. The second-order valence-corrected chi connectivity index (χ2v) is 10.1. The minimum Gasteiger partial charge on any atom is -0.496 e. The molecule has 202 valence electrons. The van der Waals surface area contributed by atoms with Crippen LogP contribution < -0.4 is 22.6 Å². The van der Waals surface area contributed by atoms with E-state index in [0.29, 0.717) is 22.4 Å². The number of fused-ring (bicyclic) bond motifs is 3. The van der Waals surface area contributed by atoms with E-state index in [9.17, 15) is 24.6 Å². The van der Waals surface area contributed by atoms with Gasteiger partial charge in [0.25, 0.3) is 0 Å². The zero-order chi connectivity index (χ0) is 27.8. The third kappa shape index (κ3) is 5.45. The van der Waals surface area contributed by atoms with Crippen molar-refractivity contribution in [2.24, 2.45) is 0 Å². The molecule has 0 saturated carbocycles. The molecular weight excluding hydrogens is 558 g/mol. The number of halogens is 2. The average Bonchev–Trinajstić information content (AvgIpc) is 3.14. The van der Waals surface area contributed by atoms with Crippen LogP contribution in [0.15, 0.2) is 91.0 Å². The van der Waals surface area contributed by atoms with Gasteiger partial charge >= 0.3 is 26.8 Å². The van der Waals surface area contributed by atoms with Gasteiger partial charge in [-0.1, -0.05) is 38.1 Å². The van der Waals surface area contributed by atoms with E-state index in [1.165, 1.54) is 55.6 Å². The van der Waals surface area contributed by atoms with Crippen LogP contribution in [-0.4, -0.2) is 23.9 Å². The molecule has 0 bridgehead atoms. The van der Waals surface area contributed by atoms with E-state index in [-0.39, 0.29) is 23.0 Å². The van der Waals surface area contributed by atoms with Gasteiger partial charge < -0.3 is 22.6 Å². The lowest BCUT2D eigenvalue weighted by molar-refractivity contribution is -0.0807. The van der Waals surface area contributed by atoms with E-state index < -0.39 is 26.8 Å². The minimum atomic E-state index is -5.22. The summed E-state index contributed by atoms with van der Waals surface area (Å²) in [6.07, 6.45) is 0. The van der Waals surface area contributed by atoms with Gasteiger partial charge in [-0.25, -0.2) is 0 Å². The molecule has 0 fully saturated rings. The van der Waals surface area contributed by atoms with E-state index in [2.05, 4.69) is 8.37 Å². The molecule has 0 amide bonds. The van der Waals surface area contributed by atoms with E-state index in [0.717, 1.165) is 5.56 Å². The van der Waals surface area contributed by atoms with Gasteiger partial charge in [0.15, 0.2) is 0 Å². The first-order valence-electron chi connectivity index (χ1n) is 11.1. The summed E-state index contributed by atoms with van der Waals surface area (Å²) in [6, 6.07) is 22.9. The van der Waals surface area contributed by atoms with Crippen LogP contribution in [0.5, 0.6) is 28.7 Å². The molecule has 0 radical (unpaired) electrons. The van der Waals surface area contributed by atoms with Crippen molar-refractivity contribution in [3.8, 4) is 39.9 Å². The Morgan fingerprint density at radius 1 is 0.590 bits per heavy atom. The Kier molecular flexibility index (Phi) is 6.56. The molecule has 5 rings (SSSR count). The summed E-state index contributed by atoms with van der Waals surface area (Å²) < 4.78 is 96.3. The van der Waals surface area contributed by atoms with Gasteiger partial charge in [0.2, 0.25) is 0 Å². The quantitative estimate of drug-likeness (QED) is 0.195. The maximum atomic E-state index is 13.0. The predicted molar refractivity (Wildman–Crippen MR) is 135 cm³/mol. The molecule has 0 aliphatic heterocycles. The molecule has 0 unspecified atom stereocenters. The summed E-state index contributed by atoms with van der Waals surface area (Å²) in [5.74, 6) is -1.23. The monoisotopic (exact) mass is 576 g/mol. The fourth-order valence-electron chi connectivity index (χ4n) is 4.32. The van der Waals surface area contributed by atoms with Crippen molar-refractivity contribution >= 4 is 21.0 Å². The standard InChI is InChI=1S/C26H18F2O9S2/c1-33-24-8-4-7-23-25(24)21-5-2-3-6-22(21)26(23,34-17-9-13-19(14-10-17)36-38(27,29)30)35-18-11-15-20(16-12-18)37-39(28,31)32/h2-16H,1H3. The molecule has 39 heavy (non-hydrogen) atoms. The molecular formula is C26H18F2O9S2. The highest BCUT2D eigenvalue weighted by Crippen LogP contribution is 2.53. The lowest BCUT2D eigenvalue weighted by atomic mass is 10.0. The maximum Gasteiger partial charge on any atom is 0.488 e. The fourth-order valence-corrected chi connectivity index (χ4v) is 5.00. The van der Waals surface area contributed by atoms with E-state index >= 15 is 0 Å². The summed E-state index contributed by atoms with van der Waals surface area (Å²) in [5, 5.41) is 0. The Balaban J connectivity index is 1.62. The van der Waals surface area contributed by atoms with Gasteiger partial charge in [-0.2, -0.15) is 16.8 Å². The van der Waals surface area contributed by atoms with Crippen LogP contribution in [-0.2, 0) is 26.8 Å². The number of ether oxygens (including phenoxy) is 3. The molecule has 1 aliphatic rings. The van der Waals surface area contributed by atoms with Crippen molar-refractivity contribution in [1.29, 1.82) is 0 Å². The largest absolute Gasteiger partial charge is 0.496 e. The van der Waals surface area contributed by atoms with Crippen LogP contribution >= 0.6 is 0 Å². The van der Waals surface area contributed by atoms with Gasteiger partial charge in [0.05, 0.1) is 12.7 Å². The van der Waals surface area contributed by atoms with Crippen LogP contribution in [0.2, 0.25) is 0 Å². The van der Waals surface area contributed by atoms with Crippen LogP contribution in [0.25, 0.3) is 11.1 Å². The minimum absolute atomic E-state index is 0.201. The topological polar surface area (TPSA) is 114 Å². The highest BCUT2D eigenvalue weighted by atomic mass is 32.3. The fraction of sp³-hybridized carbons (Fsp3) is 0.0769. The van der Waals surface area contributed by atoms with Gasteiger partial charge in [-0.15, -0.1) is 0 Å². The third-order valence-corrected chi connectivity index (χ3v) is 6.50. The number of methoxy groups -OCH3 is 1. The van der Waals surface area contributed by atoms with E-state index in [4.69, 9.17) is 14.2 Å². The van der Waals surface area contributed by atoms with E-state index in [1.54, 1.807) is 30.3 Å². The number of hydrogen-bond donors (Lipinski definition) is 0. The SMILES string of the molecule is COc1cccc2c1-c1ccccc1C2(Oc1ccc(OS(=O)(=O)F)cc1)Oc1ccc(OS(=O)(=O)F)cc1. The van der Waals surface area contributed by atoms with Crippen molar-refractivity contribution in [3.63, 3.8) is 0 Å². The van der Waals surface area contributed by atoms with Crippen molar-refractivity contribution < 1.29 is 47.2 Å². The summed E-state index contributed by atoms with van der Waals surface area (Å²) >= 11 is 0. The molecule has 9 nitrogen and oxygen atoms in total. The summed E-state index contributed by atoms with van der Waals surface area (Å²) in [4.78, 5) is 0. The number of hydrogen-bond acceptors (Lipinski definition) is 9. The highest BCUT2D eigenvalue weighted by Gasteiger charge is 2.49. The van der Waals surface area contributed by atoms with Crippen molar-refractivity contribution in [2.75, 3.05) is 7.11 Å². The first-order chi connectivity index (χ1) is 18.5. The van der Waals surface area contributed by atoms with Crippen LogP contribution in [0.1, 0.15) is 11.1 Å². The number of rotatable bonds is 9. The molecule has 0 atom stereocenters. The second kappa shape index (κ2) is 9.75. The zero-order valence-corrected chi connectivity index (χ0v) is 21.5. The summed E-state index contributed by atoms with van der Waals surface area (Å²) in [6.45, 7) is 0. The lowest BCUT2D eigenvalue weighted by Crippen LogP contribution is -2.39. The Bertz CT molecular complexity index is 1660. The highest BCUT2D eigenvalue weighted by molar-refractivity contribution is 7.82.